The number of hydrogen-bond acceptors (Lipinski definition) is 6. The molecule has 1 heterocycles. The van der Waals surface area contributed by atoms with Crippen LogP contribution in [0.4, 0.5) is 0 Å². The van der Waals surface area contributed by atoms with Gasteiger partial charge in [-0.1, -0.05) is 12.1 Å². The molecule has 0 aliphatic rings. The van der Waals surface area contributed by atoms with Crippen LogP contribution in [0.3, 0.4) is 0 Å². The molecule has 0 aliphatic heterocycles. The largest absolute Gasteiger partial charge is 0.497 e. The minimum atomic E-state index is -3.80. The number of Topliss-reactive ketones (excluding diaryl/α,β-unsaturated/α-hetero) is 1. The van der Waals surface area contributed by atoms with Crippen LogP contribution in [0.1, 0.15) is 27.3 Å². The number of aryl methyl sites for hydroxylation is 1. The van der Waals surface area contributed by atoms with Crippen molar-refractivity contribution in [3.63, 3.8) is 0 Å². The summed E-state index contributed by atoms with van der Waals surface area (Å²) in [7, 11) is -2.24. The lowest BCUT2D eigenvalue weighted by molar-refractivity contribution is -0.136. The van der Waals surface area contributed by atoms with Gasteiger partial charge >= 0.3 is 5.97 Å². The lowest BCUT2D eigenvalue weighted by Crippen LogP contribution is -2.13. The second-order valence-electron chi connectivity index (χ2n) is 7.30. The number of ketones is 1. The highest BCUT2D eigenvalue weighted by atomic mass is 32.2. The van der Waals surface area contributed by atoms with Gasteiger partial charge in [-0.3, -0.25) is 4.79 Å². The van der Waals surface area contributed by atoms with Gasteiger partial charge < -0.3 is 14.0 Å². The number of esters is 1. The lowest BCUT2D eigenvalue weighted by Gasteiger charge is -2.10. The zero-order valence-corrected chi connectivity index (χ0v) is 19.3. The molecule has 3 rings (SSSR count). The van der Waals surface area contributed by atoms with Crippen LogP contribution < -0.4 is 9.88 Å². The second kappa shape index (κ2) is 9.85. The van der Waals surface area contributed by atoms with Crippen LogP contribution in [0.25, 0.3) is 11.8 Å². The number of rotatable bonds is 8. The first-order chi connectivity index (χ1) is 15.6. The first kappa shape index (κ1) is 24.0. The van der Waals surface area contributed by atoms with E-state index in [-0.39, 0.29) is 10.7 Å². The molecule has 0 unspecified atom stereocenters. The lowest BCUT2D eigenvalue weighted by atomic mass is 10.1. The van der Waals surface area contributed by atoms with Crippen LogP contribution >= 0.6 is 0 Å². The molecule has 9 heteroatoms. The molecule has 0 atom stereocenters. The average molecular weight is 469 g/mol. The Morgan fingerprint density at radius 2 is 1.76 bits per heavy atom. The van der Waals surface area contributed by atoms with Gasteiger partial charge in [0.25, 0.3) is 0 Å². The molecule has 0 amide bonds. The SMILES string of the molecule is COc1cccc(/C=C/C(=O)OCC(=O)c2cc(C)n(-c3ccc(S(N)(=O)=O)cc3)c2C)c1. The summed E-state index contributed by atoms with van der Waals surface area (Å²) >= 11 is 0. The van der Waals surface area contributed by atoms with E-state index >= 15 is 0 Å². The second-order valence-corrected chi connectivity index (χ2v) is 8.86. The average Bonchev–Trinajstić information content (AvgIpc) is 3.09. The van der Waals surface area contributed by atoms with Crippen LogP contribution in [0.2, 0.25) is 0 Å². The van der Waals surface area contributed by atoms with E-state index in [9.17, 15) is 18.0 Å². The Labute approximate surface area is 192 Å². The molecule has 0 saturated carbocycles. The molecule has 1 aromatic heterocycles. The van der Waals surface area contributed by atoms with Crippen LogP contribution in [0, 0.1) is 13.8 Å². The van der Waals surface area contributed by atoms with Gasteiger partial charge in [0.1, 0.15) is 5.75 Å². The highest BCUT2D eigenvalue weighted by Gasteiger charge is 2.18. The summed E-state index contributed by atoms with van der Waals surface area (Å²) in [5.41, 5.74) is 3.25. The fourth-order valence-corrected chi connectivity index (χ4v) is 3.91. The molecule has 8 nitrogen and oxygen atoms in total. The van der Waals surface area contributed by atoms with Gasteiger partial charge in [-0.25, -0.2) is 18.4 Å². The fraction of sp³-hybridized carbons (Fsp3) is 0.167. The number of aromatic nitrogens is 1. The monoisotopic (exact) mass is 468 g/mol. The minimum Gasteiger partial charge on any atom is -0.497 e. The van der Waals surface area contributed by atoms with Crippen molar-refractivity contribution in [2.24, 2.45) is 5.14 Å². The number of ether oxygens (including phenoxy) is 2. The van der Waals surface area contributed by atoms with Crippen molar-refractivity contribution in [1.29, 1.82) is 0 Å². The van der Waals surface area contributed by atoms with Gasteiger partial charge in [0.05, 0.1) is 12.0 Å². The zero-order valence-electron chi connectivity index (χ0n) is 18.4. The van der Waals surface area contributed by atoms with E-state index in [1.807, 2.05) is 17.6 Å². The number of sulfonamides is 1. The van der Waals surface area contributed by atoms with Crippen molar-refractivity contribution in [3.8, 4) is 11.4 Å². The van der Waals surface area contributed by atoms with Crippen LogP contribution in [-0.2, 0) is 19.6 Å². The first-order valence-corrected chi connectivity index (χ1v) is 11.5. The Kier molecular flexibility index (Phi) is 7.15. The normalized spacial score (nSPS) is 11.5. The predicted molar refractivity (Wildman–Crippen MR) is 124 cm³/mol. The van der Waals surface area contributed by atoms with Crippen LogP contribution in [0.5, 0.6) is 5.75 Å². The summed E-state index contributed by atoms with van der Waals surface area (Å²) in [6.07, 6.45) is 2.82. The predicted octanol–water partition coefficient (Wildman–Crippen LogP) is 3.19. The number of hydrogen-bond donors (Lipinski definition) is 1. The van der Waals surface area contributed by atoms with Gasteiger partial charge in [-0.2, -0.15) is 0 Å². The third-order valence-electron chi connectivity index (χ3n) is 5.01. The van der Waals surface area contributed by atoms with Crippen molar-refractivity contribution < 1.29 is 27.5 Å². The number of nitrogens with zero attached hydrogens (tertiary/aromatic N) is 1. The van der Waals surface area contributed by atoms with Crippen LogP contribution in [0.15, 0.2) is 65.6 Å². The summed E-state index contributed by atoms with van der Waals surface area (Å²) in [5, 5.41) is 5.14. The van der Waals surface area contributed by atoms with Crippen molar-refractivity contribution in [3.05, 3.63) is 83.2 Å². The third-order valence-corrected chi connectivity index (χ3v) is 5.94. The molecule has 33 heavy (non-hydrogen) atoms. The number of primary sulfonamides is 1. The van der Waals surface area contributed by atoms with Crippen molar-refractivity contribution >= 4 is 27.9 Å². The molecule has 2 N–H and O–H groups in total. The Hall–Kier alpha value is -3.69. The highest BCUT2D eigenvalue weighted by Crippen LogP contribution is 2.22. The summed E-state index contributed by atoms with van der Waals surface area (Å²) in [4.78, 5) is 24.7. The number of carbonyl (C=O) groups excluding carboxylic acids is 2. The molecule has 0 spiro atoms. The molecule has 0 bridgehead atoms. The molecular formula is C24H24N2O6S. The molecular weight excluding hydrogens is 444 g/mol. The van der Waals surface area contributed by atoms with E-state index in [1.165, 1.54) is 18.2 Å². The van der Waals surface area contributed by atoms with Crippen molar-refractivity contribution in [2.45, 2.75) is 18.7 Å². The number of nitrogens with two attached hydrogens (primary N) is 1. The Balaban J connectivity index is 1.69. The topological polar surface area (TPSA) is 118 Å². The molecule has 0 fully saturated rings. The van der Waals surface area contributed by atoms with Crippen molar-refractivity contribution in [2.75, 3.05) is 13.7 Å². The molecule has 0 radical (unpaired) electrons. The van der Waals surface area contributed by atoms with E-state index < -0.39 is 22.6 Å². The number of carbonyl (C=O) groups is 2. The van der Waals surface area contributed by atoms with Gasteiger partial charge in [-0.05, 0) is 68.0 Å². The minimum absolute atomic E-state index is 0.000995. The van der Waals surface area contributed by atoms with E-state index in [1.54, 1.807) is 56.5 Å². The molecule has 3 aromatic rings. The number of methoxy groups -OCH3 is 1. The summed E-state index contributed by atoms with van der Waals surface area (Å²) in [5.74, 6) is -0.326. The van der Waals surface area contributed by atoms with Gasteiger partial charge in [0, 0.05) is 28.7 Å². The maximum absolute atomic E-state index is 12.7. The van der Waals surface area contributed by atoms with Crippen LogP contribution in [-0.4, -0.2) is 38.5 Å². The fourth-order valence-electron chi connectivity index (χ4n) is 3.40. The number of benzene rings is 2. The first-order valence-electron chi connectivity index (χ1n) is 9.94. The highest BCUT2D eigenvalue weighted by molar-refractivity contribution is 7.89. The van der Waals surface area contributed by atoms with Gasteiger partial charge in [0.15, 0.2) is 6.61 Å². The molecule has 0 saturated heterocycles. The molecule has 172 valence electrons. The maximum atomic E-state index is 12.7. The smallest absolute Gasteiger partial charge is 0.331 e. The Morgan fingerprint density at radius 3 is 2.39 bits per heavy atom. The maximum Gasteiger partial charge on any atom is 0.331 e. The summed E-state index contributed by atoms with van der Waals surface area (Å²) in [6, 6.07) is 14.9. The molecule has 0 aliphatic carbocycles. The van der Waals surface area contributed by atoms with E-state index in [0.717, 1.165) is 11.3 Å². The van der Waals surface area contributed by atoms with Gasteiger partial charge in [0.2, 0.25) is 15.8 Å². The third kappa shape index (κ3) is 5.76. The zero-order chi connectivity index (χ0) is 24.2. The quantitative estimate of drug-likeness (QED) is 0.308. The van der Waals surface area contributed by atoms with E-state index in [4.69, 9.17) is 14.6 Å². The Morgan fingerprint density at radius 1 is 1.06 bits per heavy atom. The molecule has 2 aromatic carbocycles. The summed E-state index contributed by atoms with van der Waals surface area (Å²) < 4.78 is 35.0. The Bertz CT molecular complexity index is 1320. The van der Waals surface area contributed by atoms with E-state index in [2.05, 4.69) is 0 Å². The van der Waals surface area contributed by atoms with E-state index in [0.29, 0.717) is 22.7 Å². The summed E-state index contributed by atoms with van der Waals surface area (Å²) in [6.45, 7) is 3.18. The van der Waals surface area contributed by atoms with Gasteiger partial charge in [-0.15, -0.1) is 0 Å². The standard InChI is InChI=1S/C24H24N2O6S/c1-16-13-22(17(2)26(16)19-8-10-21(11-9-19)33(25,29)30)23(27)15-32-24(28)12-7-18-5-4-6-20(14-18)31-3/h4-14H,15H2,1-3H3,(H2,25,29,30)/b12-7+. The van der Waals surface area contributed by atoms with Crippen molar-refractivity contribution in [1.82, 2.24) is 4.57 Å².